The number of alkyl halides is 1. The van der Waals surface area contributed by atoms with Gasteiger partial charge >= 0.3 is 0 Å². The zero-order valence-electron chi connectivity index (χ0n) is 9.62. The van der Waals surface area contributed by atoms with E-state index in [2.05, 4.69) is 15.9 Å². The van der Waals surface area contributed by atoms with Crippen LogP contribution in [0.2, 0.25) is 0 Å². The predicted octanol–water partition coefficient (Wildman–Crippen LogP) is 3.34. The molecule has 0 saturated heterocycles. The van der Waals surface area contributed by atoms with Crippen molar-refractivity contribution in [1.29, 1.82) is 0 Å². The minimum absolute atomic E-state index is 0.248. The summed E-state index contributed by atoms with van der Waals surface area (Å²) >= 11 is 8.98. The summed E-state index contributed by atoms with van der Waals surface area (Å²) in [7, 11) is 0. The molecule has 4 nitrogen and oxygen atoms in total. The SMILES string of the molecule is O=C(c1ccccc1)C1(Br)C=CC(Cl)=CC1[N+](=O)[O-]. The summed E-state index contributed by atoms with van der Waals surface area (Å²) in [5, 5.41) is 11.4. The lowest BCUT2D eigenvalue weighted by Gasteiger charge is -2.26. The van der Waals surface area contributed by atoms with E-state index in [1.807, 2.05) is 0 Å². The molecule has 0 N–H and O–H groups in total. The molecule has 0 aliphatic heterocycles. The van der Waals surface area contributed by atoms with Crippen molar-refractivity contribution >= 4 is 33.3 Å². The number of Topliss-reactive ketones (excluding diaryl/α,β-unsaturated/α-hetero) is 1. The van der Waals surface area contributed by atoms with E-state index in [1.54, 1.807) is 30.3 Å². The number of nitrogens with zero attached hydrogens (tertiary/aromatic N) is 1. The van der Waals surface area contributed by atoms with Gasteiger partial charge in [-0.3, -0.25) is 14.9 Å². The molecule has 0 aromatic heterocycles. The number of hydrogen-bond acceptors (Lipinski definition) is 3. The molecule has 6 heteroatoms. The second kappa shape index (κ2) is 5.27. The first kappa shape index (κ1) is 14.0. The van der Waals surface area contributed by atoms with Crippen LogP contribution in [0.4, 0.5) is 0 Å². The maximum atomic E-state index is 12.5. The molecule has 2 unspecified atom stereocenters. The number of allylic oxidation sites excluding steroid dienone is 2. The average molecular weight is 343 g/mol. The van der Waals surface area contributed by atoms with Crippen LogP contribution < -0.4 is 0 Å². The maximum absolute atomic E-state index is 12.5. The fourth-order valence-electron chi connectivity index (χ4n) is 1.86. The van der Waals surface area contributed by atoms with Crippen LogP contribution in [0.5, 0.6) is 0 Å². The van der Waals surface area contributed by atoms with Gasteiger partial charge in [0.1, 0.15) is 0 Å². The standard InChI is InChI=1S/C13H9BrClNO3/c14-13(12(17)9-4-2-1-3-5-9)7-6-10(15)8-11(13)16(18)19/h1-8,11H. The summed E-state index contributed by atoms with van der Waals surface area (Å²) < 4.78 is -1.41. The lowest BCUT2D eigenvalue weighted by molar-refractivity contribution is -0.510. The number of carbonyl (C=O) groups excluding carboxylic acids is 1. The summed E-state index contributed by atoms with van der Waals surface area (Å²) in [6.45, 7) is 0. The van der Waals surface area contributed by atoms with Crippen molar-refractivity contribution in [3.05, 3.63) is 69.3 Å². The van der Waals surface area contributed by atoms with E-state index in [0.717, 1.165) is 0 Å². The van der Waals surface area contributed by atoms with E-state index in [4.69, 9.17) is 11.6 Å². The molecule has 2 atom stereocenters. The Morgan fingerprint density at radius 3 is 2.58 bits per heavy atom. The number of benzene rings is 1. The van der Waals surface area contributed by atoms with Crippen LogP contribution in [-0.2, 0) is 0 Å². The Labute approximate surface area is 123 Å². The van der Waals surface area contributed by atoms with Gasteiger partial charge in [-0.05, 0) is 6.08 Å². The number of ketones is 1. The molecule has 0 bridgehead atoms. The van der Waals surface area contributed by atoms with E-state index in [-0.39, 0.29) is 10.8 Å². The van der Waals surface area contributed by atoms with Gasteiger partial charge in [0.2, 0.25) is 0 Å². The van der Waals surface area contributed by atoms with Gasteiger partial charge < -0.3 is 0 Å². The van der Waals surface area contributed by atoms with Gasteiger partial charge in [-0.2, -0.15) is 0 Å². The smallest absolute Gasteiger partial charge is 0.258 e. The van der Waals surface area contributed by atoms with Gasteiger partial charge in [0.15, 0.2) is 10.1 Å². The van der Waals surface area contributed by atoms with Gasteiger partial charge in [-0.25, -0.2) is 0 Å². The van der Waals surface area contributed by atoms with Crippen molar-refractivity contribution in [2.24, 2.45) is 0 Å². The Kier molecular flexibility index (Phi) is 3.87. The molecule has 98 valence electrons. The second-order valence-corrected chi connectivity index (χ2v) is 5.83. The molecule has 0 fully saturated rings. The Balaban J connectivity index is 2.44. The molecule has 0 heterocycles. The highest BCUT2D eigenvalue weighted by atomic mass is 79.9. The third kappa shape index (κ3) is 2.62. The third-order valence-electron chi connectivity index (χ3n) is 2.84. The third-order valence-corrected chi connectivity index (χ3v) is 4.19. The Morgan fingerprint density at radius 1 is 1.37 bits per heavy atom. The minimum Gasteiger partial charge on any atom is -0.292 e. The molecule has 1 aromatic carbocycles. The zero-order valence-corrected chi connectivity index (χ0v) is 12.0. The Hall–Kier alpha value is -1.46. The van der Waals surface area contributed by atoms with Crippen LogP contribution in [0.25, 0.3) is 0 Å². The maximum Gasteiger partial charge on any atom is 0.258 e. The number of carbonyl (C=O) groups is 1. The van der Waals surface area contributed by atoms with E-state index >= 15 is 0 Å². The van der Waals surface area contributed by atoms with Crippen LogP contribution >= 0.6 is 27.5 Å². The predicted molar refractivity (Wildman–Crippen MR) is 76.3 cm³/mol. The van der Waals surface area contributed by atoms with E-state index in [0.29, 0.717) is 5.56 Å². The number of hydrogen-bond donors (Lipinski definition) is 0. The fraction of sp³-hybridized carbons (Fsp3) is 0.154. The molecule has 2 rings (SSSR count). The van der Waals surface area contributed by atoms with Gasteiger partial charge in [0, 0.05) is 21.6 Å². The number of rotatable bonds is 3. The summed E-state index contributed by atoms with van der Waals surface area (Å²) in [6.07, 6.45) is 4.17. The monoisotopic (exact) mass is 341 g/mol. The van der Waals surface area contributed by atoms with Gasteiger partial charge in [-0.15, -0.1) is 0 Å². The molecule has 0 spiro atoms. The minimum atomic E-state index is -1.41. The normalized spacial score (nSPS) is 25.8. The average Bonchev–Trinajstić information content (AvgIpc) is 2.41. The first-order valence-electron chi connectivity index (χ1n) is 5.44. The van der Waals surface area contributed by atoms with Crippen molar-refractivity contribution in [1.82, 2.24) is 0 Å². The lowest BCUT2D eigenvalue weighted by Crippen LogP contribution is -2.47. The lowest BCUT2D eigenvalue weighted by atomic mass is 9.87. The summed E-state index contributed by atoms with van der Waals surface area (Å²) in [5.74, 6) is -0.369. The fourth-order valence-corrected chi connectivity index (χ4v) is 2.70. The molecule has 1 aliphatic rings. The van der Waals surface area contributed by atoms with Crippen LogP contribution in [0.1, 0.15) is 10.4 Å². The van der Waals surface area contributed by atoms with E-state index in [9.17, 15) is 14.9 Å². The summed E-state index contributed by atoms with van der Waals surface area (Å²) in [4.78, 5) is 23.1. The first-order chi connectivity index (χ1) is 8.95. The van der Waals surface area contributed by atoms with Crippen LogP contribution in [-0.4, -0.2) is 21.1 Å². The highest BCUT2D eigenvalue weighted by Crippen LogP contribution is 2.36. The van der Waals surface area contributed by atoms with Crippen LogP contribution in [0.3, 0.4) is 0 Å². The van der Waals surface area contributed by atoms with Crippen molar-refractivity contribution in [3.63, 3.8) is 0 Å². The van der Waals surface area contributed by atoms with Crippen molar-refractivity contribution in [2.75, 3.05) is 0 Å². The Morgan fingerprint density at radius 2 is 2.00 bits per heavy atom. The van der Waals surface area contributed by atoms with Gasteiger partial charge in [0.05, 0.1) is 0 Å². The Bertz CT molecular complexity index is 585. The van der Waals surface area contributed by atoms with E-state index in [1.165, 1.54) is 18.2 Å². The second-order valence-electron chi connectivity index (χ2n) is 4.08. The van der Waals surface area contributed by atoms with Gasteiger partial charge in [0.25, 0.3) is 6.04 Å². The van der Waals surface area contributed by atoms with Crippen molar-refractivity contribution in [3.8, 4) is 0 Å². The number of nitro groups is 1. The molecule has 19 heavy (non-hydrogen) atoms. The quantitative estimate of drug-likeness (QED) is 0.366. The first-order valence-corrected chi connectivity index (χ1v) is 6.61. The highest BCUT2D eigenvalue weighted by Gasteiger charge is 2.49. The topological polar surface area (TPSA) is 60.2 Å². The van der Waals surface area contributed by atoms with Crippen molar-refractivity contribution in [2.45, 2.75) is 10.4 Å². The molecular formula is C13H9BrClNO3. The summed E-state index contributed by atoms with van der Waals surface area (Å²) in [6, 6.07) is 7.19. The molecular weight excluding hydrogens is 334 g/mol. The van der Waals surface area contributed by atoms with Crippen LogP contribution in [0, 0.1) is 10.1 Å². The molecule has 0 saturated carbocycles. The van der Waals surface area contributed by atoms with Crippen molar-refractivity contribution < 1.29 is 9.72 Å². The largest absolute Gasteiger partial charge is 0.292 e. The highest BCUT2D eigenvalue weighted by molar-refractivity contribution is 9.10. The number of halogens is 2. The van der Waals surface area contributed by atoms with Crippen LogP contribution in [0.15, 0.2) is 53.6 Å². The molecule has 0 radical (unpaired) electrons. The molecule has 1 aromatic rings. The van der Waals surface area contributed by atoms with Gasteiger partial charge in [-0.1, -0.05) is 63.9 Å². The summed E-state index contributed by atoms with van der Waals surface area (Å²) in [5.41, 5.74) is 0.405. The molecule has 0 amide bonds. The zero-order chi connectivity index (χ0) is 14.0. The molecule has 1 aliphatic carbocycles. The van der Waals surface area contributed by atoms with E-state index < -0.39 is 15.3 Å².